The van der Waals surface area contributed by atoms with Crippen LogP contribution in [-0.4, -0.2) is 27.8 Å². The summed E-state index contributed by atoms with van der Waals surface area (Å²) in [6.45, 7) is 0. The number of methoxy groups -OCH3 is 1. The fraction of sp³-hybridized carbons (Fsp3) is 0.0455. The SMILES string of the molecule is COc1ccc(Cl)cc1C(=O)Nc1ccc(Oc2ccc(-n3cccc3)nn2)cc1. The summed E-state index contributed by atoms with van der Waals surface area (Å²) in [4.78, 5) is 12.6. The van der Waals surface area contributed by atoms with Gasteiger partial charge in [0.15, 0.2) is 5.82 Å². The van der Waals surface area contributed by atoms with E-state index in [1.165, 1.54) is 7.11 Å². The minimum atomic E-state index is -0.325. The van der Waals surface area contributed by atoms with Gasteiger partial charge in [0.05, 0.1) is 12.7 Å². The summed E-state index contributed by atoms with van der Waals surface area (Å²) in [7, 11) is 1.50. The molecule has 0 saturated heterocycles. The van der Waals surface area contributed by atoms with E-state index < -0.39 is 0 Å². The highest BCUT2D eigenvalue weighted by Crippen LogP contribution is 2.25. The topological polar surface area (TPSA) is 78.3 Å². The van der Waals surface area contributed by atoms with Crippen molar-refractivity contribution in [3.05, 3.63) is 89.7 Å². The second-order valence-corrected chi connectivity index (χ2v) is 6.68. The Bertz CT molecular complexity index is 1140. The van der Waals surface area contributed by atoms with Crippen molar-refractivity contribution in [1.29, 1.82) is 0 Å². The van der Waals surface area contributed by atoms with Crippen LogP contribution in [0.25, 0.3) is 5.82 Å². The van der Waals surface area contributed by atoms with Gasteiger partial charge in [0.1, 0.15) is 11.5 Å². The van der Waals surface area contributed by atoms with Crippen molar-refractivity contribution in [3.63, 3.8) is 0 Å². The van der Waals surface area contributed by atoms with Crippen LogP contribution >= 0.6 is 11.6 Å². The van der Waals surface area contributed by atoms with Gasteiger partial charge in [0.2, 0.25) is 5.88 Å². The number of carbonyl (C=O) groups excluding carboxylic acids is 1. The Hall–Kier alpha value is -3.84. The smallest absolute Gasteiger partial charge is 0.259 e. The molecule has 8 heteroatoms. The first-order chi connectivity index (χ1) is 14.6. The van der Waals surface area contributed by atoms with Crippen LogP contribution in [0.3, 0.4) is 0 Å². The van der Waals surface area contributed by atoms with E-state index in [1.807, 2.05) is 35.2 Å². The summed E-state index contributed by atoms with van der Waals surface area (Å²) in [5.74, 6) is 1.75. The van der Waals surface area contributed by atoms with Crippen molar-refractivity contribution < 1.29 is 14.3 Å². The highest BCUT2D eigenvalue weighted by molar-refractivity contribution is 6.31. The normalized spacial score (nSPS) is 10.5. The minimum absolute atomic E-state index is 0.325. The maximum Gasteiger partial charge on any atom is 0.259 e. The van der Waals surface area contributed by atoms with E-state index in [9.17, 15) is 4.79 Å². The van der Waals surface area contributed by atoms with Gasteiger partial charge in [-0.15, -0.1) is 10.2 Å². The summed E-state index contributed by atoms with van der Waals surface area (Å²) in [6, 6.07) is 19.2. The second kappa shape index (κ2) is 8.67. The number of nitrogens with zero attached hydrogens (tertiary/aromatic N) is 3. The van der Waals surface area contributed by atoms with Crippen molar-refractivity contribution in [2.45, 2.75) is 0 Å². The van der Waals surface area contributed by atoms with Gasteiger partial charge >= 0.3 is 0 Å². The van der Waals surface area contributed by atoms with Crippen LogP contribution in [0.5, 0.6) is 17.4 Å². The van der Waals surface area contributed by atoms with E-state index in [1.54, 1.807) is 48.5 Å². The average Bonchev–Trinajstić information content (AvgIpc) is 3.30. The summed E-state index contributed by atoms with van der Waals surface area (Å²) in [6.07, 6.45) is 3.77. The van der Waals surface area contributed by atoms with E-state index in [0.717, 1.165) is 0 Å². The number of aromatic nitrogens is 3. The standard InChI is InChI=1S/C22H17ClN4O3/c1-29-19-9-4-15(23)14-18(19)22(28)24-16-5-7-17(8-6-16)30-21-11-10-20(25-26-21)27-12-2-3-13-27/h2-14H,1H3,(H,24,28). The molecule has 0 aliphatic carbocycles. The lowest BCUT2D eigenvalue weighted by atomic mass is 10.2. The lowest BCUT2D eigenvalue weighted by Crippen LogP contribution is -2.13. The number of hydrogen-bond donors (Lipinski definition) is 1. The summed E-state index contributed by atoms with van der Waals surface area (Å²) in [5.41, 5.74) is 0.951. The van der Waals surface area contributed by atoms with E-state index in [4.69, 9.17) is 21.1 Å². The van der Waals surface area contributed by atoms with Gasteiger partial charge in [-0.2, -0.15) is 0 Å². The molecule has 0 atom stereocenters. The van der Waals surface area contributed by atoms with Crippen LogP contribution in [-0.2, 0) is 0 Å². The minimum Gasteiger partial charge on any atom is -0.496 e. The van der Waals surface area contributed by atoms with Crippen molar-refractivity contribution in [2.75, 3.05) is 12.4 Å². The quantitative estimate of drug-likeness (QED) is 0.476. The molecule has 0 radical (unpaired) electrons. The molecule has 2 heterocycles. The highest BCUT2D eigenvalue weighted by Gasteiger charge is 2.13. The predicted molar refractivity (Wildman–Crippen MR) is 114 cm³/mol. The number of nitrogens with one attached hydrogen (secondary N) is 1. The van der Waals surface area contributed by atoms with Crippen molar-refractivity contribution in [3.8, 4) is 23.2 Å². The lowest BCUT2D eigenvalue weighted by molar-refractivity contribution is 0.102. The number of halogens is 1. The molecule has 0 fully saturated rings. The van der Waals surface area contributed by atoms with Crippen LogP contribution in [0.15, 0.2) is 79.1 Å². The molecule has 0 saturated carbocycles. The molecule has 4 rings (SSSR count). The molecule has 1 N–H and O–H groups in total. The highest BCUT2D eigenvalue weighted by atomic mass is 35.5. The number of carbonyl (C=O) groups is 1. The molecule has 2 aromatic carbocycles. The molecule has 4 aromatic rings. The molecule has 0 aliphatic heterocycles. The first kappa shape index (κ1) is 19.5. The zero-order valence-electron chi connectivity index (χ0n) is 15.9. The molecule has 2 aromatic heterocycles. The Morgan fingerprint density at radius 1 is 1.00 bits per heavy atom. The third-order valence-corrected chi connectivity index (χ3v) is 4.47. The zero-order valence-corrected chi connectivity index (χ0v) is 16.7. The zero-order chi connectivity index (χ0) is 20.9. The Morgan fingerprint density at radius 2 is 1.77 bits per heavy atom. The summed E-state index contributed by atoms with van der Waals surface area (Å²) in [5, 5.41) is 11.5. The molecule has 7 nitrogen and oxygen atoms in total. The first-order valence-corrected chi connectivity index (χ1v) is 9.40. The third-order valence-electron chi connectivity index (χ3n) is 4.24. The monoisotopic (exact) mass is 420 g/mol. The maximum atomic E-state index is 12.6. The van der Waals surface area contributed by atoms with Crippen LogP contribution in [0.1, 0.15) is 10.4 Å². The second-order valence-electron chi connectivity index (χ2n) is 6.25. The molecular formula is C22H17ClN4O3. The third kappa shape index (κ3) is 4.42. The Labute approximate surface area is 177 Å². The molecule has 30 heavy (non-hydrogen) atoms. The summed E-state index contributed by atoms with van der Waals surface area (Å²) < 4.78 is 12.8. The van der Waals surface area contributed by atoms with Crippen molar-refractivity contribution in [2.24, 2.45) is 0 Å². The number of amides is 1. The van der Waals surface area contributed by atoms with Crippen LogP contribution in [0.2, 0.25) is 5.02 Å². The van der Waals surface area contributed by atoms with Gasteiger partial charge in [-0.1, -0.05) is 11.6 Å². The lowest BCUT2D eigenvalue weighted by Gasteiger charge is -2.10. The molecule has 0 aliphatic rings. The van der Waals surface area contributed by atoms with Gasteiger partial charge in [-0.3, -0.25) is 4.79 Å². The predicted octanol–water partition coefficient (Wildman–Crippen LogP) is 4.97. The maximum absolute atomic E-state index is 12.6. The Kier molecular flexibility index (Phi) is 5.63. The fourth-order valence-electron chi connectivity index (χ4n) is 2.78. The van der Waals surface area contributed by atoms with Gasteiger partial charge in [0.25, 0.3) is 5.91 Å². The van der Waals surface area contributed by atoms with Crippen LogP contribution in [0, 0.1) is 0 Å². The Morgan fingerprint density at radius 3 is 2.43 bits per heavy atom. The summed E-state index contributed by atoms with van der Waals surface area (Å²) >= 11 is 5.99. The van der Waals surface area contributed by atoms with E-state index in [2.05, 4.69) is 15.5 Å². The Balaban J connectivity index is 1.42. The number of anilines is 1. The molecule has 150 valence electrons. The fourth-order valence-corrected chi connectivity index (χ4v) is 2.95. The van der Waals surface area contributed by atoms with Gasteiger partial charge in [-0.25, -0.2) is 0 Å². The first-order valence-electron chi connectivity index (χ1n) is 9.02. The number of benzene rings is 2. The van der Waals surface area contributed by atoms with Crippen LogP contribution in [0.4, 0.5) is 5.69 Å². The molecule has 0 unspecified atom stereocenters. The largest absolute Gasteiger partial charge is 0.496 e. The average molecular weight is 421 g/mol. The van der Waals surface area contributed by atoms with Gasteiger partial charge in [0, 0.05) is 29.2 Å². The van der Waals surface area contributed by atoms with Gasteiger partial charge < -0.3 is 19.4 Å². The van der Waals surface area contributed by atoms with Crippen molar-refractivity contribution >= 4 is 23.2 Å². The molecule has 0 bridgehead atoms. The van der Waals surface area contributed by atoms with Crippen molar-refractivity contribution in [1.82, 2.24) is 14.8 Å². The number of hydrogen-bond acceptors (Lipinski definition) is 5. The molecule has 0 spiro atoms. The van der Waals surface area contributed by atoms with E-state index >= 15 is 0 Å². The number of ether oxygens (including phenoxy) is 2. The molecular weight excluding hydrogens is 404 g/mol. The van der Waals surface area contributed by atoms with E-state index in [0.29, 0.717) is 39.5 Å². The molecule has 1 amide bonds. The van der Waals surface area contributed by atoms with E-state index in [-0.39, 0.29) is 5.91 Å². The van der Waals surface area contributed by atoms with Gasteiger partial charge in [-0.05, 0) is 60.7 Å². The number of rotatable bonds is 6. The van der Waals surface area contributed by atoms with Crippen LogP contribution < -0.4 is 14.8 Å².